The summed E-state index contributed by atoms with van der Waals surface area (Å²) in [6, 6.07) is 0. The zero-order chi connectivity index (χ0) is 11.5. The van der Waals surface area contributed by atoms with Crippen molar-refractivity contribution < 1.29 is 4.74 Å². The third-order valence-corrected chi connectivity index (χ3v) is 2.17. The largest absolute Gasteiger partial charge is 0.477 e. The van der Waals surface area contributed by atoms with Crippen molar-refractivity contribution in [1.82, 2.24) is 19.7 Å². The third-order valence-electron chi connectivity index (χ3n) is 2.17. The van der Waals surface area contributed by atoms with Crippen LogP contribution in [-0.4, -0.2) is 26.4 Å². The van der Waals surface area contributed by atoms with Gasteiger partial charge in [0.15, 0.2) is 5.82 Å². The molecule has 0 amide bonds. The predicted octanol–water partition coefficient (Wildman–Crippen LogP) is 0.952. The fourth-order valence-electron chi connectivity index (χ4n) is 1.34. The Morgan fingerprint density at radius 2 is 2.25 bits per heavy atom. The molecule has 0 fully saturated rings. The molecule has 0 saturated carbocycles. The molecule has 0 aliphatic heterocycles. The lowest BCUT2D eigenvalue weighted by molar-refractivity contribution is 0.322. The minimum absolute atomic E-state index is 0.518. The molecule has 0 aromatic carbocycles. The molecule has 2 N–H and O–H groups in total. The molecule has 0 atom stereocenters. The van der Waals surface area contributed by atoms with Crippen molar-refractivity contribution in [3.63, 3.8) is 0 Å². The Morgan fingerprint density at radius 3 is 2.88 bits per heavy atom. The van der Waals surface area contributed by atoms with Gasteiger partial charge in [0.2, 0.25) is 5.88 Å². The van der Waals surface area contributed by atoms with E-state index in [4.69, 9.17) is 10.5 Å². The van der Waals surface area contributed by atoms with Gasteiger partial charge < -0.3 is 10.5 Å². The summed E-state index contributed by atoms with van der Waals surface area (Å²) in [6.07, 6.45) is 4.78. The van der Waals surface area contributed by atoms with Gasteiger partial charge in [-0.15, -0.1) is 5.10 Å². The second-order valence-corrected chi connectivity index (χ2v) is 3.22. The monoisotopic (exact) mass is 219 g/mol. The van der Waals surface area contributed by atoms with E-state index in [0.29, 0.717) is 24.1 Å². The molecule has 0 bridgehead atoms. The van der Waals surface area contributed by atoms with E-state index in [-0.39, 0.29) is 0 Å². The molecule has 16 heavy (non-hydrogen) atoms. The summed E-state index contributed by atoms with van der Waals surface area (Å²) in [5, 5.41) is 4.24. The average molecular weight is 219 g/mol. The second kappa shape index (κ2) is 4.18. The fraction of sp³-hybridized carbons (Fsp3) is 0.300. The molecule has 0 spiro atoms. The first-order chi connectivity index (χ1) is 7.74. The van der Waals surface area contributed by atoms with E-state index in [1.165, 1.54) is 4.68 Å². The van der Waals surface area contributed by atoms with Gasteiger partial charge in [0.25, 0.3) is 0 Å². The first-order valence-electron chi connectivity index (χ1n) is 4.98. The van der Waals surface area contributed by atoms with Crippen LogP contribution in [0, 0.1) is 6.92 Å². The van der Waals surface area contributed by atoms with Crippen molar-refractivity contribution in [2.24, 2.45) is 0 Å². The van der Waals surface area contributed by atoms with E-state index in [2.05, 4.69) is 15.1 Å². The van der Waals surface area contributed by atoms with E-state index in [1.54, 1.807) is 18.6 Å². The van der Waals surface area contributed by atoms with E-state index in [1.807, 2.05) is 13.8 Å². The number of rotatable bonds is 3. The smallest absolute Gasteiger partial charge is 0.238 e. The normalized spacial score (nSPS) is 10.4. The highest BCUT2D eigenvalue weighted by Crippen LogP contribution is 2.24. The Morgan fingerprint density at radius 1 is 1.44 bits per heavy atom. The third kappa shape index (κ3) is 1.69. The Hall–Kier alpha value is -2.11. The summed E-state index contributed by atoms with van der Waals surface area (Å²) >= 11 is 0. The van der Waals surface area contributed by atoms with Gasteiger partial charge in [-0.25, -0.2) is 4.98 Å². The minimum Gasteiger partial charge on any atom is -0.477 e. The zero-order valence-electron chi connectivity index (χ0n) is 9.21. The molecule has 0 aliphatic carbocycles. The Labute approximate surface area is 93.1 Å². The molecule has 6 heteroatoms. The first kappa shape index (κ1) is 10.4. The van der Waals surface area contributed by atoms with E-state index < -0.39 is 0 Å². The highest BCUT2D eigenvalue weighted by molar-refractivity contribution is 5.49. The minimum atomic E-state index is 0.518. The van der Waals surface area contributed by atoms with Crippen LogP contribution in [0.15, 0.2) is 18.6 Å². The van der Waals surface area contributed by atoms with Crippen molar-refractivity contribution >= 4 is 5.82 Å². The maximum atomic E-state index is 5.92. The van der Waals surface area contributed by atoms with Gasteiger partial charge in [-0.1, -0.05) is 0 Å². The molecule has 0 radical (unpaired) electrons. The second-order valence-electron chi connectivity index (χ2n) is 3.22. The molecule has 84 valence electrons. The van der Waals surface area contributed by atoms with Crippen molar-refractivity contribution in [2.75, 3.05) is 12.3 Å². The maximum absolute atomic E-state index is 5.92. The highest BCUT2D eigenvalue weighted by atomic mass is 16.5. The van der Waals surface area contributed by atoms with Crippen LogP contribution in [-0.2, 0) is 0 Å². The van der Waals surface area contributed by atoms with E-state index >= 15 is 0 Å². The topological polar surface area (TPSA) is 78.8 Å². The number of aromatic nitrogens is 4. The lowest BCUT2D eigenvalue weighted by Crippen LogP contribution is -2.04. The Kier molecular flexibility index (Phi) is 2.72. The number of nitrogens with zero attached hydrogens (tertiary/aromatic N) is 4. The van der Waals surface area contributed by atoms with Gasteiger partial charge in [-0.2, -0.15) is 4.68 Å². The summed E-state index contributed by atoms with van der Waals surface area (Å²) in [6.45, 7) is 4.31. The van der Waals surface area contributed by atoms with Gasteiger partial charge in [-0.05, 0) is 13.8 Å². The molecule has 0 unspecified atom stereocenters. The van der Waals surface area contributed by atoms with Crippen LogP contribution in [0.4, 0.5) is 5.82 Å². The standard InChI is InChI=1S/C10H13N5O/c1-3-16-10-7(2)9(11)15(14-10)8-6-12-4-5-13-8/h4-6H,3,11H2,1-2H3. The molecule has 2 heterocycles. The number of nitrogen functional groups attached to an aromatic ring is 1. The predicted molar refractivity (Wildman–Crippen MR) is 59.5 cm³/mol. The van der Waals surface area contributed by atoms with Crippen molar-refractivity contribution in [2.45, 2.75) is 13.8 Å². The summed E-state index contributed by atoms with van der Waals surface area (Å²) in [5.74, 6) is 1.63. The number of anilines is 1. The van der Waals surface area contributed by atoms with Gasteiger partial charge in [0, 0.05) is 12.4 Å². The maximum Gasteiger partial charge on any atom is 0.238 e. The number of ether oxygens (including phenoxy) is 1. The van der Waals surface area contributed by atoms with Crippen LogP contribution in [0.5, 0.6) is 5.88 Å². The Bertz CT molecular complexity index is 479. The molecule has 2 aromatic rings. The summed E-state index contributed by atoms with van der Waals surface area (Å²) < 4.78 is 6.88. The van der Waals surface area contributed by atoms with Crippen LogP contribution in [0.25, 0.3) is 5.82 Å². The summed E-state index contributed by atoms with van der Waals surface area (Å²) in [5.41, 5.74) is 6.73. The number of hydrogen-bond donors (Lipinski definition) is 1. The lowest BCUT2D eigenvalue weighted by Gasteiger charge is -2.00. The molecule has 0 saturated heterocycles. The van der Waals surface area contributed by atoms with Crippen LogP contribution >= 0.6 is 0 Å². The fourth-order valence-corrected chi connectivity index (χ4v) is 1.34. The van der Waals surface area contributed by atoms with Crippen molar-refractivity contribution in [3.05, 3.63) is 24.2 Å². The SMILES string of the molecule is CCOc1nn(-c2cnccn2)c(N)c1C. The van der Waals surface area contributed by atoms with Gasteiger partial charge in [0.1, 0.15) is 5.82 Å². The molecular formula is C10H13N5O. The number of nitrogens with two attached hydrogens (primary N) is 1. The van der Waals surface area contributed by atoms with Gasteiger partial charge in [0.05, 0.1) is 18.4 Å². The van der Waals surface area contributed by atoms with Gasteiger partial charge >= 0.3 is 0 Å². The highest BCUT2D eigenvalue weighted by Gasteiger charge is 2.14. The van der Waals surface area contributed by atoms with Crippen LogP contribution in [0.2, 0.25) is 0 Å². The molecule has 2 rings (SSSR count). The summed E-state index contributed by atoms with van der Waals surface area (Å²) in [7, 11) is 0. The van der Waals surface area contributed by atoms with E-state index in [0.717, 1.165) is 5.56 Å². The first-order valence-corrected chi connectivity index (χ1v) is 4.98. The average Bonchev–Trinajstić information content (AvgIpc) is 2.59. The molecule has 2 aromatic heterocycles. The molecule has 6 nitrogen and oxygen atoms in total. The molecular weight excluding hydrogens is 206 g/mol. The summed E-state index contributed by atoms with van der Waals surface area (Å²) in [4.78, 5) is 8.09. The molecule has 0 aliphatic rings. The van der Waals surface area contributed by atoms with Crippen molar-refractivity contribution in [3.8, 4) is 11.7 Å². The van der Waals surface area contributed by atoms with Crippen LogP contribution in [0.1, 0.15) is 12.5 Å². The van der Waals surface area contributed by atoms with Crippen LogP contribution in [0.3, 0.4) is 0 Å². The van der Waals surface area contributed by atoms with Crippen LogP contribution < -0.4 is 10.5 Å². The quantitative estimate of drug-likeness (QED) is 0.831. The number of hydrogen-bond acceptors (Lipinski definition) is 5. The Balaban J connectivity index is 2.46. The zero-order valence-corrected chi connectivity index (χ0v) is 9.21. The van der Waals surface area contributed by atoms with Gasteiger partial charge in [-0.3, -0.25) is 4.98 Å². The van der Waals surface area contributed by atoms with Crippen molar-refractivity contribution in [1.29, 1.82) is 0 Å². The van der Waals surface area contributed by atoms with E-state index in [9.17, 15) is 0 Å². The lowest BCUT2D eigenvalue weighted by atomic mass is 10.3.